The Morgan fingerprint density at radius 1 is 1.12 bits per heavy atom. The lowest BCUT2D eigenvalue weighted by atomic mass is 10.1. The standard InChI is InChI=1S/C19H21BrClN3S/c1-14-2-4-15(5-3-14)13-23-8-10-24(11-9-23)19(25)22-18-7-6-16(20)12-17(18)21/h2-7,12H,8-11,13H2,1H3,(H,22,25). The smallest absolute Gasteiger partial charge is 0.173 e. The van der Waals surface area contributed by atoms with Crippen LogP contribution in [0.4, 0.5) is 5.69 Å². The fraction of sp³-hybridized carbons (Fsp3) is 0.316. The summed E-state index contributed by atoms with van der Waals surface area (Å²) in [5, 5.41) is 4.66. The summed E-state index contributed by atoms with van der Waals surface area (Å²) in [5.41, 5.74) is 3.51. The van der Waals surface area contributed by atoms with Crippen LogP contribution in [0, 0.1) is 6.92 Å². The van der Waals surface area contributed by atoms with E-state index in [-0.39, 0.29) is 0 Å². The maximum absolute atomic E-state index is 6.26. The number of nitrogens with one attached hydrogen (secondary N) is 1. The first kappa shape index (κ1) is 18.6. The second kappa shape index (κ2) is 8.49. The van der Waals surface area contributed by atoms with E-state index in [2.05, 4.69) is 62.2 Å². The van der Waals surface area contributed by atoms with E-state index in [4.69, 9.17) is 23.8 Å². The van der Waals surface area contributed by atoms with Crippen LogP contribution in [-0.2, 0) is 6.54 Å². The van der Waals surface area contributed by atoms with Crippen molar-refractivity contribution in [2.24, 2.45) is 0 Å². The Hall–Kier alpha value is -1.14. The number of hydrogen-bond acceptors (Lipinski definition) is 2. The van der Waals surface area contributed by atoms with Crippen molar-refractivity contribution in [3.63, 3.8) is 0 Å². The second-order valence-corrected chi connectivity index (χ2v) is 8.01. The first-order valence-corrected chi connectivity index (χ1v) is 9.88. The van der Waals surface area contributed by atoms with Crippen molar-refractivity contribution in [3.8, 4) is 0 Å². The molecule has 1 saturated heterocycles. The molecule has 0 unspecified atom stereocenters. The number of rotatable bonds is 3. The molecule has 3 rings (SSSR count). The Morgan fingerprint density at radius 2 is 1.80 bits per heavy atom. The molecular weight excluding hydrogens is 418 g/mol. The van der Waals surface area contributed by atoms with Crippen molar-refractivity contribution < 1.29 is 0 Å². The van der Waals surface area contributed by atoms with Gasteiger partial charge in [0.1, 0.15) is 0 Å². The molecule has 6 heteroatoms. The first-order valence-electron chi connectivity index (χ1n) is 8.30. The maximum atomic E-state index is 6.26. The molecule has 0 saturated carbocycles. The van der Waals surface area contributed by atoms with Gasteiger partial charge in [-0.2, -0.15) is 0 Å². The van der Waals surface area contributed by atoms with Gasteiger partial charge in [-0.25, -0.2) is 0 Å². The number of nitrogens with zero attached hydrogens (tertiary/aromatic N) is 2. The quantitative estimate of drug-likeness (QED) is 0.685. The van der Waals surface area contributed by atoms with Gasteiger partial charge in [0.05, 0.1) is 10.7 Å². The van der Waals surface area contributed by atoms with Gasteiger partial charge in [0.25, 0.3) is 0 Å². The van der Waals surface area contributed by atoms with Crippen molar-refractivity contribution in [1.29, 1.82) is 0 Å². The molecule has 3 nitrogen and oxygen atoms in total. The third-order valence-corrected chi connectivity index (χ3v) is 5.53. The molecule has 0 aromatic heterocycles. The van der Waals surface area contributed by atoms with Crippen molar-refractivity contribution >= 4 is 50.5 Å². The Kier molecular flexibility index (Phi) is 6.34. The van der Waals surface area contributed by atoms with E-state index in [1.165, 1.54) is 11.1 Å². The zero-order chi connectivity index (χ0) is 17.8. The molecule has 1 aliphatic heterocycles. The summed E-state index contributed by atoms with van der Waals surface area (Å²) in [6.45, 7) is 6.96. The SMILES string of the molecule is Cc1ccc(CN2CCN(C(=S)Nc3ccc(Br)cc3Cl)CC2)cc1. The summed E-state index contributed by atoms with van der Waals surface area (Å²) >= 11 is 15.2. The van der Waals surface area contributed by atoms with Gasteiger partial charge in [-0.15, -0.1) is 0 Å². The Balaban J connectivity index is 1.51. The normalized spacial score (nSPS) is 15.2. The fourth-order valence-corrected chi connectivity index (χ4v) is 3.86. The minimum atomic E-state index is 0.662. The van der Waals surface area contributed by atoms with Crippen LogP contribution in [0.2, 0.25) is 5.02 Å². The minimum Gasteiger partial charge on any atom is -0.346 e. The molecule has 1 fully saturated rings. The van der Waals surface area contributed by atoms with Gasteiger partial charge in [-0.05, 0) is 42.9 Å². The average molecular weight is 439 g/mol. The first-order chi connectivity index (χ1) is 12.0. The van der Waals surface area contributed by atoms with Crippen LogP contribution in [0.15, 0.2) is 46.9 Å². The Morgan fingerprint density at radius 3 is 2.44 bits per heavy atom. The van der Waals surface area contributed by atoms with Gasteiger partial charge in [-0.3, -0.25) is 4.90 Å². The van der Waals surface area contributed by atoms with E-state index in [9.17, 15) is 0 Å². The van der Waals surface area contributed by atoms with E-state index < -0.39 is 0 Å². The number of anilines is 1. The molecule has 0 spiro atoms. The molecule has 132 valence electrons. The largest absolute Gasteiger partial charge is 0.346 e. The molecule has 0 amide bonds. The molecule has 0 bridgehead atoms. The summed E-state index contributed by atoms with van der Waals surface area (Å²) in [6, 6.07) is 14.5. The molecule has 1 aliphatic rings. The van der Waals surface area contributed by atoms with Gasteiger partial charge in [-0.1, -0.05) is 57.4 Å². The van der Waals surface area contributed by atoms with Crippen molar-refractivity contribution in [2.75, 3.05) is 31.5 Å². The molecule has 0 aliphatic carbocycles. The average Bonchev–Trinajstić information content (AvgIpc) is 2.60. The summed E-state index contributed by atoms with van der Waals surface area (Å²) in [5.74, 6) is 0. The lowest BCUT2D eigenvalue weighted by Crippen LogP contribution is -2.49. The highest BCUT2D eigenvalue weighted by molar-refractivity contribution is 9.10. The van der Waals surface area contributed by atoms with Crippen LogP contribution >= 0.6 is 39.7 Å². The number of aryl methyl sites for hydroxylation is 1. The van der Waals surface area contributed by atoms with Gasteiger partial charge in [0.15, 0.2) is 5.11 Å². The molecule has 0 atom stereocenters. The number of benzene rings is 2. The van der Waals surface area contributed by atoms with Crippen molar-refractivity contribution in [2.45, 2.75) is 13.5 Å². The second-order valence-electron chi connectivity index (χ2n) is 6.30. The maximum Gasteiger partial charge on any atom is 0.173 e. The topological polar surface area (TPSA) is 18.5 Å². The van der Waals surface area contributed by atoms with E-state index in [1.54, 1.807) is 0 Å². The lowest BCUT2D eigenvalue weighted by molar-refractivity contribution is 0.177. The lowest BCUT2D eigenvalue weighted by Gasteiger charge is -2.36. The van der Waals surface area contributed by atoms with E-state index in [0.717, 1.165) is 48.0 Å². The summed E-state index contributed by atoms with van der Waals surface area (Å²) in [6.07, 6.45) is 0. The predicted octanol–water partition coefficient (Wildman–Crippen LogP) is 4.93. The Labute approximate surface area is 168 Å². The molecule has 25 heavy (non-hydrogen) atoms. The Bertz CT molecular complexity index is 743. The van der Waals surface area contributed by atoms with Gasteiger partial charge >= 0.3 is 0 Å². The zero-order valence-electron chi connectivity index (χ0n) is 14.1. The number of thiocarbonyl (C=S) groups is 1. The van der Waals surface area contributed by atoms with Gasteiger partial charge in [0, 0.05) is 37.2 Å². The van der Waals surface area contributed by atoms with Crippen molar-refractivity contribution in [1.82, 2.24) is 9.80 Å². The van der Waals surface area contributed by atoms with E-state index in [1.807, 2.05) is 18.2 Å². The van der Waals surface area contributed by atoms with E-state index >= 15 is 0 Å². The third-order valence-electron chi connectivity index (χ3n) is 4.36. The van der Waals surface area contributed by atoms with Crippen LogP contribution in [0.1, 0.15) is 11.1 Å². The third kappa shape index (κ3) is 5.17. The predicted molar refractivity (Wildman–Crippen MR) is 113 cm³/mol. The monoisotopic (exact) mass is 437 g/mol. The summed E-state index contributed by atoms with van der Waals surface area (Å²) in [4.78, 5) is 4.68. The molecular formula is C19H21BrClN3S. The molecule has 2 aromatic rings. The fourth-order valence-electron chi connectivity index (χ4n) is 2.85. The highest BCUT2D eigenvalue weighted by Gasteiger charge is 2.19. The van der Waals surface area contributed by atoms with Crippen LogP contribution in [0.25, 0.3) is 0 Å². The van der Waals surface area contributed by atoms with Gasteiger partial charge < -0.3 is 10.2 Å². The molecule has 0 radical (unpaired) electrons. The van der Waals surface area contributed by atoms with E-state index in [0.29, 0.717) is 5.02 Å². The minimum absolute atomic E-state index is 0.662. The summed E-state index contributed by atoms with van der Waals surface area (Å²) < 4.78 is 0.957. The van der Waals surface area contributed by atoms with Crippen LogP contribution in [-0.4, -0.2) is 41.1 Å². The number of hydrogen-bond donors (Lipinski definition) is 1. The van der Waals surface area contributed by atoms with Crippen LogP contribution in [0.5, 0.6) is 0 Å². The highest BCUT2D eigenvalue weighted by atomic mass is 79.9. The van der Waals surface area contributed by atoms with Gasteiger partial charge in [0.2, 0.25) is 0 Å². The number of halogens is 2. The molecule has 1 N–H and O–H groups in total. The van der Waals surface area contributed by atoms with Crippen LogP contribution < -0.4 is 5.32 Å². The molecule has 2 aromatic carbocycles. The highest BCUT2D eigenvalue weighted by Crippen LogP contribution is 2.26. The molecule has 1 heterocycles. The zero-order valence-corrected chi connectivity index (χ0v) is 17.3. The summed E-state index contributed by atoms with van der Waals surface area (Å²) in [7, 11) is 0. The van der Waals surface area contributed by atoms with Crippen molar-refractivity contribution in [3.05, 3.63) is 63.1 Å². The van der Waals surface area contributed by atoms with Crippen LogP contribution in [0.3, 0.4) is 0 Å². The number of piperazine rings is 1.